The maximum atomic E-state index is 11.7. The Morgan fingerprint density at radius 2 is 2.50 bits per heavy atom. The highest BCUT2D eigenvalue weighted by Gasteiger charge is 2.11. The van der Waals surface area contributed by atoms with Crippen molar-refractivity contribution >= 4 is 28.8 Å². The largest absolute Gasteiger partial charge is 0.383 e. The maximum absolute atomic E-state index is 11.7. The summed E-state index contributed by atoms with van der Waals surface area (Å²) < 4.78 is 5.02. The van der Waals surface area contributed by atoms with Gasteiger partial charge >= 0.3 is 0 Å². The molecule has 16 heavy (non-hydrogen) atoms. The summed E-state index contributed by atoms with van der Waals surface area (Å²) in [5.74, 6) is 0.540. The summed E-state index contributed by atoms with van der Waals surface area (Å²) in [6, 6.07) is 1.96. The van der Waals surface area contributed by atoms with Crippen molar-refractivity contribution in [3.05, 3.63) is 22.4 Å². The fraction of sp³-hybridized carbons (Fsp3) is 0.545. The monoisotopic (exact) mass is 261 g/mol. The fourth-order valence-corrected chi connectivity index (χ4v) is 2.32. The number of hydrogen-bond acceptors (Lipinski definition) is 3. The van der Waals surface area contributed by atoms with Gasteiger partial charge in [0.2, 0.25) is 5.91 Å². The molecule has 0 bridgehead atoms. The number of halogens is 1. The first-order valence-corrected chi connectivity index (χ1v) is 6.59. The zero-order valence-corrected chi connectivity index (χ0v) is 10.8. The van der Waals surface area contributed by atoms with Crippen molar-refractivity contribution < 1.29 is 9.53 Å². The van der Waals surface area contributed by atoms with Crippen molar-refractivity contribution in [2.24, 2.45) is 0 Å². The van der Waals surface area contributed by atoms with Crippen LogP contribution >= 0.6 is 22.9 Å². The molecule has 0 aliphatic carbocycles. The van der Waals surface area contributed by atoms with Gasteiger partial charge in [0.25, 0.3) is 0 Å². The molecule has 0 radical (unpaired) electrons. The van der Waals surface area contributed by atoms with Crippen molar-refractivity contribution in [1.29, 1.82) is 0 Å². The van der Waals surface area contributed by atoms with Crippen LogP contribution in [0.1, 0.15) is 12.0 Å². The standard InChI is InChI=1S/C11H16ClNO2S/c1-15-7-10(2-4-12)13-11(14)6-9-3-5-16-8-9/h3,5,8,10H,2,4,6-7H2,1H3,(H,13,14). The Labute approximate surface area is 105 Å². The lowest BCUT2D eigenvalue weighted by Gasteiger charge is -2.16. The van der Waals surface area contributed by atoms with E-state index in [2.05, 4.69) is 5.32 Å². The van der Waals surface area contributed by atoms with Gasteiger partial charge in [-0.1, -0.05) is 0 Å². The molecule has 0 aliphatic heterocycles. The van der Waals surface area contributed by atoms with Crippen LogP contribution < -0.4 is 5.32 Å². The van der Waals surface area contributed by atoms with E-state index in [0.717, 1.165) is 12.0 Å². The zero-order chi connectivity index (χ0) is 11.8. The average Bonchev–Trinajstić information content (AvgIpc) is 2.71. The van der Waals surface area contributed by atoms with Gasteiger partial charge in [-0.3, -0.25) is 4.79 Å². The van der Waals surface area contributed by atoms with E-state index in [-0.39, 0.29) is 11.9 Å². The van der Waals surface area contributed by atoms with Crippen LogP contribution in [-0.4, -0.2) is 31.5 Å². The molecule has 1 amide bonds. The van der Waals surface area contributed by atoms with Crippen LogP contribution in [-0.2, 0) is 16.0 Å². The van der Waals surface area contributed by atoms with Crippen molar-refractivity contribution in [1.82, 2.24) is 5.32 Å². The van der Waals surface area contributed by atoms with Crippen LogP contribution in [0.4, 0.5) is 0 Å². The third-order valence-electron chi connectivity index (χ3n) is 2.14. The number of ether oxygens (including phenoxy) is 1. The predicted molar refractivity (Wildman–Crippen MR) is 67.2 cm³/mol. The average molecular weight is 262 g/mol. The molecule has 1 unspecified atom stereocenters. The molecule has 0 saturated carbocycles. The van der Waals surface area contributed by atoms with Gasteiger partial charge in [0, 0.05) is 13.0 Å². The van der Waals surface area contributed by atoms with Gasteiger partial charge in [-0.05, 0) is 28.8 Å². The van der Waals surface area contributed by atoms with Crippen LogP contribution in [0.25, 0.3) is 0 Å². The van der Waals surface area contributed by atoms with E-state index >= 15 is 0 Å². The van der Waals surface area contributed by atoms with Gasteiger partial charge in [-0.15, -0.1) is 11.6 Å². The topological polar surface area (TPSA) is 38.3 Å². The van der Waals surface area contributed by atoms with Gasteiger partial charge in [-0.2, -0.15) is 11.3 Å². The number of nitrogens with one attached hydrogen (secondary N) is 1. The third kappa shape index (κ3) is 4.96. The number of carbonyl (C=O) groups is 1. The molecule has 0 aliphatic rings. The van der Waals surface area contributed by atoms with Gasteiger partial charge in [-0.25, -0.2) is 0 Å². The number of alkyl halides is 1. The van der Waals surface area contributed by atoms with Crippen molar-refractivity contribution in [3.63, 3.8) is 0 Å². The molecule has 1 N–H and O–H groups in total. The molecule has 0 aromatic carbocycles. The van der Waals surface area contributed by atoms with E-state index in [4.69, 9.17) is 16.3 Å². The molecule has 0 saturated heterocycles. The van der Waals surface area contributed by atoms with E-state index < -0.39 is 0 Å². The quantitative estimate of drug-likeness (QED) is 0.763. The fourth-order valence-electron chi connectivity index (χ4n) is 1.39. The highest BCUT2D eigenvalue weighted by atomic mass is 35.5. The molecule has 90 valence electrons. The SMILES string of the molecule is COCC(CCCl)NC(=O)Cc1ccsc1. The summed E-state index contributed by atoms with van der Waals surface area (Å²) in [5.41, 5.74) is 1.05. The Bertz CT molecular complexity index is 297. The number of rotatable bonds is 7. The van der Waals surface area contributed by atoms with Crippen LogP contribution in [0, 0.1) is 0 Å². The minimum absolute atomic E-state index is 0.00800. The first-order chi connectivity index (χ1) is 7.76. The molecular weight excluding hydrogens is 246 g/mol. The second-order valence-corrected chi connectivity index (χ2v) is 4.66. The smallest absolute Gasteiger partial charge is 0.224 e. The molecule has 0 spiro atoms. The molecular formula is C11H16ClNO2S. The molecule has 1 rings (SSSR count). The summed E-state index contributed by atoms with van der Waals surface area (Å²) in [6.07, 6.45) is 1.15. The summed E-state index contributed by atoms with van der Waals surface area (Å²) in [4.78, 5) is 11.7. The van der Waals surface area contributed by atoms with Gasteiger partial charge < -0.3 is 10.1 Å². The number of carbonyl (C=O) groups excluding carboxylic acids is 1. The summed E-state index contributed by atoms with van der Waals surface area (Å²) >= 11 is 7.25. The molecule has 1 heterocycles. The van der Waals surface area contributed by atoms with Crippen LogP contribution in [0.15, 0.2) is 16.8 Å². The second kappa shape index (κ2) is 7.65. The molecule has 3 nitrogen and oxygen atoms in total. The Morgan fingerprint density at radius 3 is 3.06 bits per heavy atom. The molecule has 0 fully saturated rings. The van der Waals surface area contributed by atoms with E-state index in [9.17, 15) is 4.79 Å². The lowest BCUT2D eigenvalue weighted by Crippen LogP contribution is -2.39. The molecule has 5 heteroatoms. The summed E-state index contributed by atoms with van der Waals surface area (Å²) in [5, 5.41) is 6.86. The van der Waals surface area contributed by atoms with Crippen LogP contribution in [0.2, 0.25) is 0 Å². The molecule has 1 aromatic heterocycles. The molecule has 1 atom stereocenters. The lowest BCUT2D eigenvalue weighted by atomic mass is 10.2. The number of thiophene rings is 1. The Balaban J connectivity index is 2.35. The van der Waals surface area contributed by atoms with E-state index in [1.54, 1.807) is 18.4 Å². The Kier molecular flexibility index (Phi) is 6.45. The van der Waals surface area contributed by atoms with E-state index in [1.165, 1.54) is 0 Å². The summed E-state index contributed by atoms with van der Waals surface area (Å²) in [6.45, 7) is 0.502. The van der Waals surface area contributed by atoms with Gasteiger partial charge in [0.1, 0.15) is 0 Å². The highest BCUT2D eigenvalue weighted by Crippen LogP contribution is 2.06. The maximum Gasteiger partial charge on any atom is 0.224 e. The van der Waals surface area contributed by atoms with Crippen molar-refractivity contribution in [3.8, 4) is 0 Å². The highest BCUT2D eigenvalue weighted by molar-refractivity contribution is 7.07. The first kappa shape index (κ1) is 13.5. The minimum Gasteiger partial charge on any atom is -0.383 e. The molecule has 1 aromatic rings. The van der Waals surface area contributed by atoms with Crippen molar-refractivity contribution in [2.75, 3.05) is 19.6 Å². The number of methoxy groups -OCH3 is 1. The van der Waals surface area contributed by atoms with Crippen LogP contribution in [0.3, 0.4) is 0 Å². The van der Waals surface area contributed by atoms with Gasteiger partial charge in [0.05, 0.1) is 19.1 Å². The Hall–Kier alpha value is -0.580. The van der Waals surface area contributed by atoms with Crippen molar-refractivity contribution in [2.45, 2.75) is 18.9 Å². The third-order valence-corrected chi connectivity index (χ3v) is 3.09. The van der Waals surface area contributed by atoms with Gasteiger partial charge in [0.15, 0.2) is 0 Å². The lowest BCUT2D eigenvalue weighted by molar-refractivity contribution is -0.121. The summed E-state index contributed by atoms with van der Waals surface area (Å²) in [7, 11) is 1.62. The number of hydrogen-bond donors (Lipinski definition) is 1. The second-order valence-electron chi connectivity index (χ2n) is 3.51. The minimum atomic E-state index is 0.00800. The predicted octanol–water partition coefficient (Wildman–Crippen LogP) is 2.05. The Morgan fingerprint density at radius 1 is 1.69 bits per heavy atom. The first-order valence-electron chi connectivity index (χ1n) is 5.11. The normalized spacial score (nSPS) is 12.4. The van der Waals surface area contributed by atoms with E-state index in [0.29, 0.717) is 18.9 Å². The van der Waals surface area contributed by atoms with Crippen LogP contribution in [0.5, 0.6) is 0 Å². The number of amides is 1. The van der Waals surface area contributed by atoms with E-state index in [1.807, 2.05) is 16.8 Å². The zero-order valence-electron chi connectivity index (χ0n) is 9.24.